The minimum Gasteiger partial charge on any atom is -0.469 e. The van der Waals surface area contributed by atoms with Gasteiger partial charge in [-0.1, -0.05) is 0 Å². The molecule has 0 aliphatic heterocycles. The normalized spacial score (nSPS) is 13.4. The monoisotopic (exact) mass is 210 g/mol. The minimum absolute atomic E-state index is 0.572. The van der Waals surface area contributed by atoms with Gasteiger partial charge in [0.15, 0.2) is 0 Å². The van der Waals surface area contributed by atoms with E-state index in [0.29, 0.717) is 6.04 Å². The van der Waals surface area contributed by atoms with Crippen LogP contribution in [0, 0.1) is 6.92 Å². The van der Waals surface area contributed by atoms with Gasteiger partial charge < -0.3 is 10.2 Å². The van der Waals surface area contributed by atoms with Crippen LogP contribution in [0.2, 0.25) is 0 Å². The lowest BCUT2D eigenvalue weighted by atomic mass is 10.1. The van der Waals surface area contributed by atoms with Gasteiger partial charge in [0.25, 0.3) is 0 Å². The van der Waals surface area contributed by atoms with Crippen molar-refractivity contribution in [1.29, 1.82) is 0 Å². The minimum atomic E-state index is 0.572. The summed E-state index contributed by atoms with van der Waals surface area (Å²) < 4.78 is 5.28. The Balaban J connectivity index is 2.41. The van der Waals surface area contributed by atoms with E-state index in [1.54, 1.807) is 6.26 Å². The van der Waals surface area contributed by atoms with E-state index >= 15 is 0 Å². The first-order valence-electron chi connectivity index (χ1n) is 5.58. The first-order chi connectivity index (χ1) is 7.15. The zero-order valence-electron chi connectivity index (χ0n) is 9.99. The van der Waals surface area contributed by atoms with Crippen LogP contribution in [0.1, 0.15) is 31.1 Å². The van der Waals surface area contributed by atoms with Crippen LogP contribution in [0.15, 0.2) is 16.7 Å². The number of hydrogen-bond acceptors (Lipinski definition) is 3. The highest BCUT2D eigenvalue weighted by atomic mass is 16.3. The molecule has 1 heterocycles. The van der Waals surface area contributed by atoms with Gasteiger partial charge in [0.1, 0.15) is 5.76 Å². The molecule has 0 radical (unpaired) electrons. The Kier molecular flexibility index (Phi) is 4.85. The van der Waals surface area contributed by atoms with Crippen molar-refractivity contribution in [3.05, 3.63) is 23.7 Å². The lowest BCUT2D eigenvalue weighted by Crippen LogP contribution is -2.29. The summed E-state index contributed by atoms with van der Waals surface area (Å²) in [6, 6.07) is 2.62. The summed E-state index contributed by atoms with van der Waals surface area (Å²) in [6.07, 6.45) is 4.00. The molecule has 0 aliphatic carbocycles. The van der Waals surface area contributed by atoms with Crippen molar-refractivity contribution >= 4 is 0 Å². The number of hydrogen-bond donors (Lipinski definition) is 1. The van der Waals surface area contributed by atoms with Gasteiger partial charge in [0, 0.05) is 18.2 Å². The predicted molar refractivity (Wildman–Crippen MR) is 62.7 cm³/mol. The Bertz CT molecular complexity index is 283. The quantitative estimate of drug-likeness (QED) is 0.782. The van der Waals surface area contributed by atoms with Crippen molar-refractivity contribution in [3.8, 4) is 0 Å². The molecule has 3 nitrogen and oxygen atoms in total. The molecule has 0 fully saturated rings. The second-order valence-electron chi connectivity index (χ2n) is 4.20. The van der Waals surface area contributed by atoms with E-state index < -0.39 is 0 Å². The van der Waals surface area contributed by atoms with Gasteiger partial charge in [-0.05, 0) is 46.3 Å². The molecule has 1 aromatic rings. The Hall–Kier alpha value is -0.800. The number of nitrogens with two attached hydrogens (primary N) is 1. The third-order valence-corrected chi connectivity index (χ3v) is 2.96. The molecule has 1 atom stereocenters. The Morgan fingerprint density at radius 3 is 2.80 bits per heavy atom. The largest absolute Gasteiger partial charge is 0.469 e. The number of furan rings is 1. The van der Waals surface area contributed by atoms with Crippen LogP contribution >= 0.6 is 0 Å². The molecular formula is C12H22N2O. The second-order valence-corrected chi connectivity index (χ2v) is 4.20. The van der Waals surface area contributed by atoms with Gasteiger partial charge >= 0.3 is 0 Å². The molecule has 0 spiro atoms. The molecule has 0 saturated heterocycles. The predicted octanol–water partition coefficient (Wildman–Crippen LogP) is 2.15. The number of rotatable bonds is 6. The van der Waals surface area contributed by atoms with E-state index in [1.165, 1.54) is 5.56 Å². The molecule has 0 bridgehead atoms. The van der Waals surface area contributed by atoms with E-state index in [-0.39, 0.29) is 0 Å². The molecular weight excluding hydrogens is 188 g/mol. The van der Waals surface area contributed by atoms with Crippen LogP contribution in [-0.4, -0.2) is 24.5 Å². The van der Waals surface area contributed by atoms with E-state index in [0.717, 1.165) is 31.7 Å². The standard InChI is InChI=1S/C12H22N2O/c1-10(5-4-7-13)14(3)9-12-6-8-15-11(12)2/h6,8,10H,4-5,7,9,13H2,1-3H3. The van der Waals surface area contributed by atoms with E-state index in [1.807, 2.05) is 13.0 Å². The van der Waals surface area contributed by atoms with Crippen molar-refractivity contribution in [1.82, 2.24) is 4.90 Å². The molecule has 0 amide bonds. The molecule has 0 aliphatic rings. The Labute approximate surface area is 92.2 Å². The summed E-state index contributed by atoms with van der Waals surface area (Å²) in [6.45, 7) is 5.98. The maximum absolute atomic E-state index is 5.50. The average molecular weight is 210 g/mol. The highest BCUT2D eigenvalue weighted by molar-refractivity contribution is 5.15. The first-order valence-corrected chi connectivity index (χ1v) is 5.58. The van der Waals surface area contributed by atoms with Crippen LogP contribution < -0.4 is 5.73 Å². The van der Waals surface area contributed by atoms with Gasteiger partial charge in [0.2, 0.25) is 0 Å². The summed E-state index contributed by atoms with van der Waals surface area (Å²) in [5, 5.41) is 0. The van der Waals surface area contributed by atoms with Gasteiger partial charge in [-0.15, -0.1) is 0 Å². The molecule has 1 aromatic heterocycles. The van der Waals surface area contributed by atoms with Crippen molar-refractivity contribution in [3.63, 3.8) is 0 Å². The third-order valence-electron chi connectivity index (χ3n) is 2.96. The maximum atomic E-state index is 5.50. The molecule has 0 aromatic carbocycles. The van der Waals surface area contributed by atoms with E-state index in [2.05, 4.69) is 18.9 Å². The summed E-state index contributed by atoms with van der Waals surface area (Å²) in [7, 11) is 2.15. The van der Waals surface area contributed by atoms with Crippen LogP contribution in [-0.2, 0) is 6.54 Å². The highest BCUT2D eigenvalue weighted by Crippen LogP contribution is 2.14. The summed E-state index contributed by atoms with van der Waals surface area (Å²) in [5.74, 6) is 1.02. The van der Waals surface area contributed by atoms with E-state index in [9.17, 15) is 0 Å². The topological polar surface area (TPSA) is 42.4 Å². The lowest BCUT2D eigenvalue weighted by molar-refractivity contribution is 0.234. The zero-order valence-corrected chi connectivity index (χ0v) is 9.99. The fourth-order valence-electron chi connectivity index (χ4n) is 1.63. The summed E-state index contributed by atoms with van der Waals surface area (Å²) >= 11 is 0. The molecule has 1 rings (SSSR count). The van der Waals surface area contributed by atoms with Crippen LogP contribution in [0.25, 0.3) is 0 Å². The number of nitrogens with zero attached hydrogens (tertiary/aromatic N) is 1. The van der Waals surface area contributed by atoms with Gasteiger partial charge in [-0.2, -0.15) is 0 Å². The van der Waals surface area contributed by atoms with Gasteiger partial charge in [-0.25, -0.2) is 0 Å². The molecule has 3 heteroatoms. The fourth-order valence-corrected chi connectivity index (χ4v) is 1.63. The second kappa shape index (κ2) is 5.93. The SMILES string of the molecule is Cc1occc1CN(C)C(C)CCCN. The maximum Gasteiger partial charge on any atom is 0.105 e. The van der Waals surface area contributed by atoms with Gasteiger partial charge in [0.05, 0.1) is 6.26 Å². The van der Waals surface area contributed by atoms with Gasteiger partial charge in [-0.3, -0.25) is 4.90 Å². The smallest absolute Gasteiger partial charge is 0.105 e. The molecule has 15 heavy (non-hydrogen) atoms. The number of aryl methyl sites for hydroxylation is 1. The van der Waals surface area contributed by atoms with Crippen LogP contribution in [0.5, 0.6) is 0 Å². The van der Waals surface area contributed by atoms with E-state index in [4.69, 9.17) is 10.2 Å². The molecule has 0 saturated carbocycles. The molecule has 86 valence electrons. The fraction of sp³-hybridized carbons (Fsp3) is 0.667. The van der Waals surface area contributed by atoms with Crippen LogP contribution in [0.4, 0.5) is 0 Å². The molecule has 1 unspecified atom stereocenters. The zero-order chi connectivity index (χ0) is 11.3. The lowest BCUT2D eigenvalue weighted by Gasteiger charge is -2.24. The Morgan fingerprint density at radius 2 is 2.27 bits per heavy atom. The highest BCUT2D eigenvalue weighted by Gasteiger charge is 2.11. The summed E-state index contributed by atoms with van der Waals surface area (Å²) in [4.78, 5) is 2.34. The van der Waals surface area contributed by atoms with Crippen LogP contribution in [0.3, 0.4) is 0 Å². The van der Waals surface area contributed by atoms with Crippen molar-refractivity contribution in [2.45, 2.75) is 39.3 Å². The molecule has 2 N–H and O–H groups in total. The first kappa shape index (κ1) is 12.3. The summed E-state index contributed by atoms with van der Waals surface area (Å²) in [5.41, 5.74) is 6.78. The average Bonchev–Trinajstić information content (AvgIpc) is 2.61. The van der Waals surface area contributed by atoms with Crippen molar-refractivity contribution in [2.75, 3.05) is 13.6 Å². The van der Waals surface area contributed by atoms with Crippen molar-refractivity contribution in [2.24, 2.45) is 5.73 Å². The third kappa shape index (κ3) is 3.68. The van der Waals surface area contributed by atoms with Crippen molar-refractivity contribution < 1.29 is 4.42 Å². The Morgan fingerprint density at radius 1 is 1.53 bits per heavy atom.